The first-order valence-corrected chi connectivity index (χ1v) is 6.96. The van der Waals surface area contributed by atoms with Gasteiger partial charge in [0.25, 0.3) is 0 Å². The van der Waals surface area contributed by atoms with E-state index in [9.17, 15) is 4.79 Å². The van der Waals surface area contributed by atoms with Gasteiger partial charge in [-0.2, -0.15) is 5.26 Å². The van der Waals surface area contributed by atoms with E-state index >= 15 is 0 Å². The summed E-state index contributed by atoms with van der Waals surface area (Å²) in [7, 11) is 0. The van der Waals surface area contributed by atoms with E-state index in [1.54, 1.807) is 42.7 Å². The summed E-state index contributed by atoms with van der Waals surface area (Å²) < 4.78 is 0. The van der Waals surface area contributed by atoms with E-state index in [1.807, 2.05) is 6.07 Å². The van der Waals surface area contributed by atoms with E-state index in [0.717, 1.165) is 0 Å². The maximum Gasteiger partial charge on any atom is 0.225 e. The Kier molecular flexibility index (Phi) is 5.09. The van der Waals surface area contributed by atoms with E-state index in [0.29, 0.717) is 28.6 Å². The fraction of sp³-hybridized carbons (Fsp3) is 0.143. The monoisotopic (exact) mass is 284 g/mol. The second-order valence-corrected chi connectivity index (χ2v) is 4.93. The Hall–Kier alpha value is -2.39. The van der Waals surface area contributed by atoms with Crippen LogP contribution in [0.2, 0.25) is 0 Å². The van der Waals surface area contributed by atoms with Crippen molar-refractivity contribution in [3.63, 3.8) is 0 Å². The van der Waals surface area contributed by atoms with Gasteiger partial charge in [-0.1, -0.05) is 11.8 Å². The van der Waals surface area contributed by atoms with Crippen molar-refractivity contribution in [2.24, 2.45) is 0 Å². The lowest BCUT2D eigenvalue weighted by Gasteiger charge is -2.04. The summed E-state index contributed by atoms with van der Waals surface area (Å²) in [4.78, 5) is 19.9. The van der Waals surface area contributed by atoms with Crippen molar-refractivity contribution in [1.82, 2.24) is 9.97 Å². The van der Waals surface area contributed by atoms with Gasteiger partial charge in [-0.3, -0.25) is 4.79 Å². The van der Waals surface area contributed by atoms with Crippen molar-refractivity contribution in [2.45, 2.75) is 11.6 Å². The molecule has 0 radical (unpaired) electrons. The number of benzene rings is 1. The number of hydrogen-bond donors (Lipinski definition) is 1. The van der Waals surface area contributed by atoms with Gasteiger partial charge in [0.15, 0.2) is 5.16 Å². The van der Waals surface area contributed by atoms with Crippen LogP contribution in [-0.2, 0) is 4.79 Å². The zero-order valence-electron chi connectivity index (χ0n) is 10.6. The Balaban J connectivity index is 1.76. The lowest BCUT2D eigenvalue weighted by molar-refractivity contribution is -0.115. The molecule has 0 spiro atoms. The van der Waals surface area contributed by atoms with Crippen molar-refractivity contribution >= 4 is 23.4 Å². The van der Waals surface area contributed by atoms with Crippen molar-refractivity contribution in [3.05, 3.63) is 48.3 Å². The first-order chi connectivity index (χ1) is 9.78. The molecule has 0 saturated heterocycles. The minimum atomic E-state index is -0.0712. The highest BCUT2D eigenvalue weighted by atomic mass is 32.2. The number of rotatable bonds is 5. The number of hydrogen-bond acceptors (Lipinski definition) is 5. The van der Waals surface area contributed by atoms with Crippen molar-refractivity contribution in [3.8, 4) is 6.07 Å². The van der Waals surface area contributed by atoms with Crippen molar-refractivity contribution in [1.29, 1.82) is 5.26 Å². The van der Waals surface area contributed by atoms with Crippen LogP contribution >= 0.6 is 11.8 Å². The number of nitrogens with zero attached hydrogens (tertiary/aromatic N) is 3. The maximum atomic E-state index is 11.7. The number of thioether (sulfide) groups is 1. The normalized spacial score (nSPS) is 9.75. The zero-order chi connectivity index (χ0) is 14.2. The van der Waals surface area contributed by atoms with Gasteiger partial charge in [-0.05, 0) is 30.3 Å². The molecule has 0 aliphatic heterocycles. The average Bonchev–Trinajstić information content (AvgIpc) is 2.49. The first-order valence-electron chi connectivity index (χ1n) is 5.98. The molecule has 0 saturated carbocycles. The summed E-state index contributed by atoms with van der Waals surface area (Å²) in [6.45, 7) is 0. The molecule has 5 nitrogen and oxygen atoms in total. The van der Waals surface area contributed by atoms with Gasteiger partial charge >= 0.3 is 0 Å². The molecule has 0 fully saturated rings. The fourth-order valence-corrected chi connectivity index (χ4v) is 2.19. The maximum absolute atomic E-state index is 11.7. The number of nitrogens with one attached hydrogen (secondary N) is 1. The topological polar surface area (TPSA) is 78.7 Å². The molecule has 1 heterocycles. The number of nitriles is 1. The highest BCUT2D eigenvalue weighted by molar-refractivity contribution is 7.99. The van der Waals surface area contributed by atoms with Crippen molar-refractivity contribution < 1.29 is 4.79 Å². The number of carbonyl (C=O) groups excluding carboxylic acids is 1. The highest BCUT2D eigenvalue weighted by Crippen LogP contribution is 2.13. The van der Waals surface area contributed by atoms with Gasteiger partial charge in [-0.15, -0.1) is 0 Å². The summed E-state index contributed by atoms with van der Waals surface area (Å²) >= 11 is 1.44. The zero-order valence-corrected chi connectivity index (χ0v) is 11.4. The lowest BCUT2D eigenvalue weighted by Crippen LogP contribution is -2.12. The molecule has 6 heteroatoms. The van der Waals surface area contributed by atoms with Crippen LogP contribution < -0.4 is 5.32 Å². The molecule has 0 aliphatic rings. The molecule has 0 bridgehead atoms. The number of anilines is 1. The van der Waals surface area contributed by atoms with E-state index < -0.39 is 0 Å². The predicted molar refractivity (Wildman–Crippen MR) is 77.2 cm³/mol. The summed E-state index contributed by atoms with van der Waals surface area (Å²) in [5.41, 5.74) is 1.26. The molecule has 2 aromatic rings. The summed E-state index contributed by atoms with van der Waals surface area (Å²) in [6.07, 6.45) is 3.72. The van der Waals surface area contributed by atoms with Gasteiger partial charge in [0.05, 0.1) is 11.6 Å². The average molecular weight is 284 g/mol. The molecule has 0 atom stereocenters. The Morgan fingerprint density at radius 2 is 1.95 bits per heavy atom. The Labute approximate surface area is 121 Å². The van der Waals surface area contributed by atoms with Crippen LogP contribution in [-0.4, -0.2) is 21.6 Å². The number of aromatic nitrogens is 2. The van der Waals surface area contributed by atoms with Gasteiger partial charge in [0.1, 0.15) is 0 Å². The highest BCUT2D eigenvalue weighted by Gasteiger charge is 2.04. The molecular weight excluding hydrogens is 272 g/mol. The van der Waals surface area contributed by atoms with E-state index in [4.69, 9.17) is 5.26 Å². The van der Waals surface area contributed by atoms with E-state index in [-0.39, 0.29) is 5.91 Å². The SMILES string of the molecule is N#Cc1ccc(NC(=O)CCSc2ncccn2)cc1. The quantitative estimate of drug-likeness (QED) is 0.674. The second kappa shape index (κ2) is 7.26. The van der Waals surface area contributed by atoms with Gasteiger partial charge in [0.2, 0.25) is 5.91 Å². The third-order valence-electron chi connectivity index (χ3n) is 2.40. The van der Waals surface area contributed by atoms with Crippen LogP contribution in [0.3, 0.4) is 0 Å². The van der Waals surface area contributed by atoms with Gasteiger partial charge < -0.3 is 5.32 Å². The Morgan fingerprint density at radius 3 is 2.60 bits per heavy atom. The van der Waals surface area contributed by atoms with Gasteiger partial charge in [0, 0.05) is 30.3 Å². The van der Waals surface area contributed by atoms with Crippen LogP contribution in [0.1, 0.15) is 12.0 Å². The fourth-order valence-electron chi connectivity index (χ4n) is 1.45. The Bertz CT molecular complexity index is 607. The molecular formula is C14H12N4OS. The second-order valence-electron chi connectivity index (χ2n) is 3.87. The molecule has 0 unspecified atom stereocenters. The summed E-state index contributed by atoms with van der Waals surface area (Å²) in [5.74, 6) is 0.546. The molecule has 20 heavy (non-hydrogen) atoms. The standard InChI is InChI=1S/C14H12N4OS/c15-10-11-2-4-12(5-3-11)18-13(19)6-9-20-14-16-7-1-8-17-14/h1-5,7-8H,6,9H2,(H,18,19). The minimum absolute atomic E-state index is 0.0712. The summed E-state index contributed by atoms with van der Waals surface area (Å²) in [5, 5.41) is 12.1. The third-order valence-corrected chi connectivity index (χ3v) is 3.28. The van der Waals surface area contributed by atoms with Crippen LogP contribution in [0, 0.1) is 11.3 Å². The van der Waals surface area contributed by atoms with Gasteiger partial charge in [-0.25, -0.2) is 9.97 Å². The predicted octanol–water partition coefficient (Wildman–Crippen LogP) is 2.47. The van der Waals surface area contributed by atoms with Crippen LogP contribution in [0.4, 0.5) is 5.69 Å². The summed E-state index contributed by atoms with van der Waals surface area (Å²) in [6, 6.07) is 10.5. The smallest absolute Gasteiger partial charge is 0.225 e. The Morgan fingerprint density at radius 1 is 1.25 bits per heavy atom. The molecule has 1 aromatic heterocycles. The number of amides is 1. The molecule has 2 rings (SSSR count). The molecule has 0 aliphatic carbocycles. The van der Waals surface area contributed by atoms with Crippen LogP contribution in [0.25, 0.3) is 0 Å². The van der Waals surface area contributed by atoms with Crippen LogP contribution in [0.5, 0.6) is 0 Å². The molecule has 1 amide bonds. The minimum Gasteiger partial charge on any atom is -0.326 e. The van der Waals surface area contributed by atoms with E-state index in [1.165, 1.54) is 11.8 Å². The van der Waals surface area contributed by atoms with E-state index in [2.05, 4.69) is 15.3 Å². The van der Waals surface area contributed by atoms with Crippen LogP contribution in [0.15, 0.2) is 47.9 Å². The molecule has 1 N–H and O–H groups in total. The van der Waals surface area contributed by atoms with Crippen molar-refractivity contribution in [2.75, 3.05) is 11.1 Å². The first kappa shape index (κ1) is 14.0. The largest absolute Gasteiger partial charge is 0.326 e. The molecule has 1 aromatic carbocycles. The molecule has 100 valence electrons. The number of carbonyl (C=O) groups is 1. The third kappa shape index (κ3) is 4.37. The lowest BCUT2D eigenvalue weighted by atomic mass is 10.2.